The van der Waals surface area contributed by atoms with E-state index < -0.39 is 12.1 Å². The molecule has 2 aliphatic rings. The maximum Gasteiger partial charge on any atom is 0.490 e. The molecule has 2 aromatic rings. The van der Waals surface area contributed by atoms with Crippen molar-refractivity contribution in [3.8, 4) is 11.1 Å². The molecule has 0 amide bonds. The van der Waals surface area contributed by atoms with Crippen LogP contribution in [-0.4, -0.2) is 35.6 Å². The van der Waals surface area contributed by atoms with Gasteiger partial charge in [0.05, 0.1) is 6.04 Å². The van der Waals surface area contributed by atoms with E-state index in [1.807, 2.05) is 6.07 Å². The zero-order valence-electron chi connectivity index (χ0n) is 15.7. The van der Waals surface area contributed by atoms with Crippen LogP contribution in [0.15, 0.2) is 54.6 Å². The summed E-state index contributed by atoms with van der Waals surface area (Å²) >= 11 is 0. The third-order valence-corrected chi connectivity index (χ3v) is 5.40. The summed E-state index contributed by atoms with van der Waals surface area (Å²) in [6.45, 7) is 0.981. The van der Waals surface area contributed by atoms with Gasteiger partial charge in [-0.2, -0.15) is 13.2 Å². The summed E-state index contributed by atoms with van der Waals surface area (Å²) in [5.74, 6) is -2.31. The molecule has 1 atom stereocenters. The Morgan fingerprint density at radius 3 is 2.24 bits per heavy atom. The second kappa shape index (κ2) is 8.37. The Hall–Kier alpha value is -2.67. The van der Waals surface area contributed by atoms with Crippen molar-refractivity contribution in [2.24, 2.45) is 5.41 Å². The Labute approximate surface area is 166 Å². The number of carboxylic acids is 1. The normalized spacial score (nSPS) is 20.0. The van der Waals surface area contributed by atoms with E-state index in [0.29, 0.717) is 5.78 Å². The number of aliphatic carboxylic acids is 1. The SMILES string of the molecule is O=C(O)C(F)(F)F.O=C1C(Cc2cccc(-c3ccccc3)c2)NCCC12CC2. The number of Topliss-reactive ketones (excluding diaryl/α,β-unsaturated/α-hetero) is 1. The lowest BCUT2D eigenvalue weighted by atomic mass is 9.85. The summed E-state index contributed by atoms with van der Waals surface area (Å²) < 4.78 is 31.7. The van der Waals surface area contributed by atoms with Gasteiger partial charge in [-0.15, -0.1) is 0 Å². The number of rotatable bonds is 3. The number of hydrogen-bond donors (Lipinski definition) is 2. The molecule has 1 aliphatic carbocycles. The van der Waals surface area contributed by atoms with Crippen molar-refractivity contribution in [3.63, 3.8) is 0 Å². The minimum absolute atomic E-state index is 0.00210. The molecule has 4 nitrogen and oxygen atoms in total. The molecule has 7 heteroatoms. The highest BCUT2D eigenvalue weighted by Crippen LogP contribution is 2.51. The number of alkyl halides is 3. The summed E-state index contributed by atoms with van der Waals surface area (Å²) in [6, 6.07) is 19.0. The third kappa shape index (κ3) is 5.23. The van der Waals surface area contributed by atoms with Gasteiger partial charge in [0.2, 0.25) is 0 Å². The molecule has 4 rings (SSSR count). The number of piperidine rings is 1. The molecule has 0 radical (unpaired) electrons. The van der Waals surface area contributed by atoms with E-state index >= 15 is 0 Å². The molecule has 29 heavy (non-hydrogen) atoms. The number of ketones is 1. The van der Waals surface area contributed by atoms with Crippen molar-refractivity contribution in [3.05, 3.63) is 60.2 Å². The van der Waals surface area contributed by atoms with Crippen molar-refractivity contribution in [1.29, 1.82) is 0 Å². The predicted octanol–water partition coefficient (Wildman–Crippen LogP) is 4.24. The lowest BCUT2D eigenvalue weighted by Gasteiger charge is -2.29. The first kappa shape index (κ1) is 21.0. The first-order chi connectivity index (χ1) is 13.7. The molecule has 154 valence electrons. The average molecular weight is 405 g/mol. The molecule has 1 spiro atoms. The fourth-order valence-corrected chi connectivity index (χ4v) is 3.63. The quantitative estimate of drug-likeness (QED) is 0.802. The van der Waals surface area contributed by atoms with Crippen LogP contribution in [-0.2, 0) is 16.0 Å². The molecule has 2 aromatic carbocycles. The number of carboxylic acid groups (broad SMARTS) is 1. The highest BCUT2D eigenvalue weighted by molar-refractivity contribution is 5.93. The first-order valence-electron chi connectivity index (χ1n) is 9.43. The second-order valence-electron chi connectivity index (χ2n) is 7.47. The van der Waals surface area contributed by atoms with Gasteiger partial charge in [-0.3, -0.25) is 4.79 Å². The molecule has 0 bridgehead atoms. The zero-order valence-corrected chi connectivity index (χ0v) is 15.7. The van der Waals surface area contributed by atoms with Crippen molar-refractivity contribution in [1.82, 2.24) is 5.32 Å². The van der Waals surface area contributed by atoms with Crippen molar-refractivity contribution >= 4 is 11.8 Å². The summed E-state index contributed by atoms with van der Waals surface area (Å²) in [7, 11) is 0. The number of nitrogens with one attached hydrogen (secondary N) is 1. The lowest BCUT2D eigenvalue weighted by Crippen LogP contribution is -2.48. The predicted molar refractivity (Wildman–Crippen MR) is 102 cm³/mol. The van der Waals surface area contributed by atoms with Crippen molar-refractivity contribution < 1.29 is 27.9 Å². The summed E-state index contributed by atoms with van der Waals surface area (Å²) in [6.07, 6.45) is -1.03. The van der Waals surface area contributed by atoms with Crippen LogP contribution in [0.4, 0.5) is 13.2 Å². The summed E-state index contributed by atoms with van der Waals surface area (Å²) in [4.78, 5) is 21.5. The Kier molecular flexibility index (Phi) is 6.07. The number of hydrogen-bond acceptors (Lipinski definition) is 3. The Morgan fingerprint density at radius 1 is 1.03 bits per heavy atom. The molecular weight excluding hydrogens is 383 g/mol. The van der Waals surface area contributed by atoms with Gasteiger partial charge in [0.25, 0.3) is 0 Å². The molecule has 2 N–H and O–H groups in total. The minimum Gasteiger partial charge on any atom is -0.475 e. The summed E-state index contributed by atoms with van der Waals surface area (Å²) in [5.41, 5.74) is 3.74. The highest BCUT2D eigenvalue weighted by Gasteiger charge is 2.53. The Balaban J connectivity index is 0.000000298. The second-order valence-corrected chi connectivity index (χ2v) is 7.47. The molecule has 1 saturated carbocycles. The number of carbonyl (C=O) groups is 2. The minimum atomic E-state index is -5.08. The van der Waals surface area contributed by atoms with Gasteiger partial charge in [0.15, 0.2) is 5.78 Å². The molecule has 1 aliphatic heterocycles. The standard InChI is InChI=1S/C20H21NO.C2HF3O2/c22-19-18(21-12-11-20(19)9-10-20)14-15-5-4-8-17(13-15)16-6-2-1-3-7-16;3-2(4,5)1(6)7/h1-8,13,18,21H,9-12,14H2;(H,6,7). The topological polar surface area (TPSA) is 66.4 Å². The molecule has 1 saturated heterocycles. The van der Waals surface area contributed by atoms with Crippen molar-refractivity contribution in [2.45, 2.75) is 37.9 Å². The van der Waals surface area contributed by atoms with Gasteiger partial charge in [0, 0.05) is 5.41 Å². The van der Waals surface area contributed by atoms with Crippen LogP contribution < -0.4 is 5.32 Å². The van der Waals surface area contributed by atoms with Crippen LogP contribution in [0.1, 0.15) is 24.8 Å². The molecule has 0 aromatic heterocycles. The Morgan fingerprint density at radius 2 is 1.66 bits per heavy atom. The van der Waals surface area contributed by atoms with E-state index in [2.05, 4.69) is 53.8 Å². The van der Waals surface area contributed by atoms with Crippen LogP contribution >= 0.6 is 0 Å². The maximum absolute atomic E-state index is 12.6. The van der Waals surface area contributed by atoms with E-state index in [1.54, 1.807) is 0 Å². The lowest BCUT2D eigenvalue weighted by molar-refractivity contribution is -0.192. The van der Waals surface area contributed by atoms with E-state index in [4.69, 9.17) is 9.90 Å². The monoisotopic (exact) mass is 405 g/mol. The first-order valence-corrected chi connectivity index (χ1v) is 9.43. The van der Waals surface area contributed by atoms with E-state index in [9.17, 15) is 18.0 Å². The van der Waals surface area contributed by atoms with Crippen LogP contribution in [0, 0.1) is 5.41 Å². The van der Waals surface area contributed by atoms with E-state index in [-0.39, 0.29) is 11.5 Å². The number of benzene rings is 2. The van der Waals surface area contributed by atoms with Crippen LogP contribution in [0.2, 0.25) is 0 Å². The van der Waals surface area contributed by atoms with E-state index in [1.165, 1.54) is 16.7 Å². The molecular formula is C22H22F3NO3. The van der Waals surface area contributed by atoms with Gasteiger partial charge in [0.1, 0.15) is 0 Å². The number of carbonyl (C=O) groups excluding carboxylic acids is 1. The summed E-state index contributed by atoms with van der Waals surface area (Å²) in [5, 5.41) is 10.5. The van der Waals surface area contributed by atoms with Crippen molar-refractivity contribution in [2.75, 3.05) is 6.54 Å². The molecule has 1 heterocycles. The van der Waals surface area contributed by atoms with Crippen LogP contribution in [0.5, 0.6) is 0 Å². The van der Waals surface area contributed by atoms with Crippen LogP contribution in [0.3, 0.4) is 0 Å². The fourth-order valence-electron chi connectivity index (χ4n) is 3.63. The molecule has 2 fully saturated rings. The smallest absolute Gasteiger partial charge is 0.475 e. The fraction of sp³-hybridized carbons (Fsp3) is 0.364. The van der Waals surface area contributed by atoms with Gasteiger partial charge < -0.3 is 10.4 Å². The third-order valence-electron chi connectivity index (χ3n) is 5.40. The average Bonchev–Trinajstić information content (AvgIpc) is 3.47. The largest absolute Gasteiger partial charge is 0.490 e. The van der Waals surface area contributed by atoms with Gasteiger partial charge in [-0.1, -0.05) is 54.6 Å². The maximum atomic E-state index is 12.6. The van der Waals surface area contributed by atoms with Gasteiger partial charge >= 0.3 is 12.1 Å². The van der Waals surface area contributed by atoms with Crippen LogP contribution in [0.25, 0.3) is 11.1 Å². The van der Waals surface area contributed by atoms with Gasteiger partial charge in [-0.25, -0.2) is 4.79 Å². The zero-order chi connectivity index (χ0) is 21.1. The molecule has 1 unspecified atom stereocenters. The Bertz CT molecular complexity index is 876. The number of halogens is 3. The van der Waals surface area contributed by atoms with Gasteiger partial charge in [-0.05, 0) is 48.9 Å². The highest BCUT2D eigenvalue weighted by atomic mass is 19.4. The van der Waals surface area contributed by atoms with E-state index in [0.717, 1.165) is 32.2 Å².